The summed E-state index contributed by atoms with van der Waals surface area (Å²) in [5.41, 5.74) is 0. The number of nitrogens with zero attached hydrogens (tertiary/aromatic N) is 4. The molecule has 0 bridgehead atoms. The van der Waals surface area contributed by atoms with Gasteiger partial charge in [-0.05, 0) is 25.7 Å². The number of ether oxygens (including phenoxy) is 1. The maximum absolute atomic E-state index is 12.0. The molecule has 1 aromatic heterocycles. The van der Waals surface area contributed by atoms with E-state index in [2.05, 4.69) is 38.6 Å². The molecule has 140 valence electrons. The Bertz CT molecular complexity index is 582. The molecule has 0 aromatic carbocycles. The van der Waals surface area contributed by atoms with Gasteiger partial charge in [0, 0.05) is 39.1 Å². The van der Waals surface area contributed by atoms with Gasteiger partial charge < -0.3 is 19.5 Å². The Morgan fingerprint density at radius 3 is 3.00 bits per heavy atom. The smallest absolute Gasteiger partial charge is 0.310 e. The third-order valence-electron chi connectivity index (χ3n) is 4.32. The largest absolute Gasteiger partial charge is 0.466 e. The fraction of sp³-hybridized carbons (Fsp3) is 0.722. The summed E-state index contributed by atoms with van der Waals surface area (Å²) >= 11 is 0. The predicted molar refractivity (Wildman–Crippen MR) is 98.2 cm³/mol. The molecule has 1 aliphatic heterocycles. The summed E-state index contributed by atoms with van der Waals surface area (Å²) in [5.74, 6) is 2.20. The van der Waals surface area contributed by atoms with Crippen LogP contribution in [-0.2, 0) is 22.6 Å². The fourth-order valence-electron chi connectivity index (χ4n) is 3.18. The average molecular weight is 349 g/mol. The summed E-state index contributed by atoms with van der Waals surface area (Å²) < 4.78 is 7.34. The van der Waals surface area contributed by atoms with Crippen molar-refractivity contribution in [3.05, 3.63) is 18.2 Å². The standard InChI is InChI=1S/C18H31N5O2/c1-5-25-17(24)15-7-6-9-23(13-15)18(19-4)21-11-16-20-8-10-22(16)12-14(2)3/h8,10,14-15H,5-7,9,11-13H2,1-4H3,(H,19,21). The number of piperidine rings is 1. The number of carbonyl (C=O) groups excluding carboxylic acids is 1. The number of guanidine groups is 1. The van der Waals surface area contributed by atoms with Gasteiger partial charge in [-0.3, -0.25) is 9.79 Å². The minimum absolute atomic E-state index is 0.0739. The highest BCUT2D eigenvalue weighted by atomic mass is 16.5. The van der Waals surface area contributed by atoms with Crippen LogP contribution in [0.1, 0.15) is 39.4 Å². The van der Waals surface area contributed by atoms with Crippen molar-refractivity contribution >= 4 is 11.9 Å². The molecule has 7 heteroatoms. The second kappa shape index (κ2) is 9.44. The van der Waals surface area contributed by atoms with E-state index in [9.17, 15) is 4.79 Å². The van der Waals surface area contributed by atoms with Crippen molar-refractivity contribution in [1.82, 2.24) is 19.8 Å². The summed E-state index contributed by atoms with van der Waals surface area (Å²) in [5, 5.41) is 3.39. The summed E-state index contributed by atoms with van der Waals surface area (Å²) in [6, 6.07) is 0. The molecule has 7 nitrogen and oxygen atoms in total. The Kier molecular flexibility index (Phi) is 7.28. The molecule has 1 aromatic rings. The van der Waals surface area contributed by atoms with E-state index in [0.29, 0.717) is 25.6 Å². The number of hydrogen-bond acceptors (Lipinski definition) is 4. The highest BCUT2D eigenvalue weighted by Gasteiger charge is 2.28. The van der Waals surface area contributed by atoms with Crippen LogP contribution in [0.2, 0.25) is 0 Å². The number of esters is 1. The molecular weight excluding hydrogens is 318 g/mol. The Morgan fingerprint density at radius 2 is 2.32 bits per heavy atom. The summed E-state index contributed by atoms with van der Waals surface area (Å²) in [6.45, 7) is 9.78. The Balaban J connectivity index is 1.94. The first kappa shape index (κ1) is 19.3. The van der Waals surface area contributed by atoms with Crippen LogP contribution < -0.4 is 5.32 Å². The number of aromatic nitrogens is 2. The Morgan fingerprint density at radius 1 is 1.52 bits per heavy atom. The van der Waals surface area contributed by atoms with Gasteiger partial charge in [-0.25, -0.2) is 4.98 Å². The fourth-order valence-corrected chi connectivity index (χ4v) is 3.18. The zero-order valence-corrected chi connectivity index (χ0v) is 15.9. The first-order valence-corrected chi connectivity index (χ1v) is 9.17. The van der Waals surface area contributed by atoms with Gasteiger partial charge in [0.1, 0.15) is 5.82 Å². The molecule has 1 saturated heterocycles. The van der Waals surface area contributed by atoms with Crippen molar-refractivity contribution in [2.24, 2.45) is 16.8 Å². The minimum Gasteiger partial charge on any atom is -0.466 e. The molecule has 0 spiro atoms. The second-order valence-corrected chi connectivity index (χ2v) is 6.83. The van der Waals surface area contributed by atoms with E-state index in [1.807, 2.05) is 19.3 Å². The van der Waals surface area contributed by atoms with E-state index in [4.69, 9.17) is 4.74 Å². The van der Waals surface area contributed by atoms with Crippen LogP contribution in [0.3, 0.4) is 0 Å². The maximum Gasteiger partial charge on any atom is 0.310 e. The minimum atomic E-state index is -0.102. The van der Waals surface area contributed by atoms with Gasteiger partial charge in [0.05, 0.1) is 19.1 Å². The molecule has 0 amide bonds. The SMILES string of the molecule is CCOC(=O)C1CCCN(C(=NC)NCc2nccn2CC(C)C)C1. The van der Waals surface area contributed by atoms with Crippen molar-refractivity contribution in [2.75, 3.05) is 26.7 Å². The van der Waals surface area contributed by atoms with Crippen molar-refractivity contribution in [1.29, 1.82) is 0 Å². The van der Waals surface area contributed by atoms with Gasteiger partial charge in [0.2, 0.25) is 0 Å². The lowest BCUT2D eigenvalue weighted by Crippen LogP contribution is -2.48. The summed E-state index contributed by atoms with van der Waals surface area (Å²) in [4.78, 5) is 23.0. The number of likely N-dealkylation sites (tertiary alicyclic amines) is 1. The predicted octanol–water partition coefficient (Wildman–Crippen LogP) is 1.89. The Labute approximate surface area is 150 Å². The highest BCUT2D eigenvalue weighted by molar-refractivity contribution is 5.81. The van der Waals surface area contributed by atoms with Crippen LogP contribution in [0.15, 0.2) is 17.4 Å². The normalized spacial score (nSPS) is 18.5. The third kappa shape index (κ3) is 5.47. The molecule has 1 fully saturated rings. The van der Waals surface area contributed by atoms with Crippen molar-refractivity contribution < 1.29 is 9.53 Å². The lowest BCUT2D eigenvalue weighted by atomic mass is 9.98. The van der Waals surface area contributed by atoms with Crippen molar-refractivity contribution in [3.63, 3.8) is 0 Å². The zero-order chi connectivity index (χ0) is 18.2. The van der Waals surface area contributed by atoms with Gasteiger partial charge in [-0.2, -0.15) is 0 Å². The molecular formula is C18H31N5O2. The summed E-state index contributed by atoms with van der Waals surface area (Å²) in [6.07, 6.45) is 5.69. The number of nitrogens with one attached hydrogen (secondary N) is 1. The molecule has 0 aliphatic carbocycles. The van der Waals surface area contributed by atoms with E-state index in [1.54, 1.807) is 7.05 Å². The van der Waals surface area contributed by atoms with Crippen LogP contribution in [0.4, 0.5) is 0 Å². The van der Waals surface area contributed by atoms with Crippen LogP contribution in [0.5, 0.6) is 0 Å². The topological polar surface area (TPSA) is 71.8 Å². The van der Waals surface area contributed by atoms with Crippen LogP contribution in [-0.4, -0.2) is 53.1 Å². The number of rotatable bonds is 6. The first-order chi connectivity index (χ1) is 12.0. The van der Waals surface area contributed by atoms with Crippen LogP contribution in [0, 0.1) is 11.8 Å². The molecule has 25 heavy (non-hydrogen) atoms. The molecule has 2 rings (SSSR count). The molecule has 1 unspecified atom stereocenters. The first-order valence-electron chi connectivity index (χ1n) is 9.17. The molecule has 0 radical (unpaired) electrons. The highest BCUT2D eigenvalue weighted by Crippen LogP contribution is 2.18. The zero-order valence-electron chi connectivity index (χ0n) is 15.9. The quantitative estimate of drug-likeness (QED) is 0.482. The molecule has 0 saturated carbocycles. The lowest BCUT2D eigenvalue weighted by Gasteiger charge is -2.33. The Hall–Kier alpha value is -2.05. The summed E-state index contributed by atoms with van der Waals surface area (Å²) in [7, 11) is 1.77. The number of hydrogen-bond donors (Lipinski definition) is 1. The van der Waals surface area contributed by atoms with Crippen LogP contribution >= 0.6 is 0 Å². The molecule has 2 heterocycles. The molecule has 1 atom stereocenters. The van der Waals surface area contributed by atoms with Gasteiger partial charge >= 0.3 is 5.97 Å². The van der Waals surface area contributed by atoms with Crippen molar-refractivity contribution in [2.45, 2.75) is 46.7 Å². The number of carbonyl (C=O) groups is 1. The number of imidazole rings is 1. The number of aliphatic imine (C=N–C) groups is 1. The van der Waals surface area contributed by atoms with Crippen molar-refractivity contribution in [3.8, 4) is 0 Å². The van der Waals surface area contributed by atoms with E-state index in [0.717, 1.165) is 37.7 Å². The average Bonchev–Trinajstić information content (AvgIpc) is 3.02. The van der Waals surface area contributed by atoms with Gasteiger partial charge in [-0.1, -0.05) is 13.8 Å². The maximum atomic E-state index is 12.0. The van der Waals surface area contributed by atoms with E-state index in [-0.39, 0.29) is 11.9 Å². The van der Waals surface area contributed by atoms with E-state index >= 15 is 0 Å². The third-order valence-corrected chi connectivity index (χ3v) is 4.32. The van der Waals surface area contributed by atoms with Gasteiger partial charge in [0.25, 0.3) is 0 Å². The molecule has 1 N–H and O–H groups in total. The monoisotopic (exact) mass is 349 g/mol. The van der Waals surface area contributed by atoms with E-state index < -0.39 is 0 Å². The van der Waals surface area contributed by atoms with Crippen LogP contribution in [0.25, 0.3) is 0 Å². The van der Waals surface area contributed by atoms with Gasteiger partial charge in [-0.15, -0.1) is 0 Å². The van der Waals surface area contributed by atoms with E-state index in [1.165, 1.54) is 0 Å². The molecule has 1 aliphatic rings. The van der Waals surface area contributed by atoms with Gasteiger partial charge in [0.15, 0.2) is 5.96 Å². The second-order valence-electron chi connectivity index (χ2n) is 6.83. The lowest BCUT2D eigenvalue weighted by molar-refractivity contribution is -0.149.